The van der Waals surface area contributed by atoms with Gasteiger partial charge in [0.05, 0.1) is 34.6 Å². The van der Waals surface area contributed by atoms with E-state index in [4.69, 9.17) is 9.83 Å². The fraction of sp³-hybridized carbons (Fsp3) is 0.0526. The smallest absolute Gasteiger partial charge is 0.169 e. The number of nitriles is 1. The molecule has 0 bridgehead atoms. The molecule has 1 aliphatic carbocycles. The van der Waals surface area contributed by atoms with Crippen molar-refractivity contribution in [3.8, 4) is 22.9 Å². The third-order valence-electron chi connectivity index (χ3n) is 8.20. The van der Waals surface area contributed by atoms with E-state index in [1.54, 1.807) is 5.06 Å². The van der Waals surface area contributed by atoms with Gasteiger partial charge < -0.3 is 9.40 Å². The van der Waals surface area contributed by atoms with E-state index in [1.165, 1.54) is 0 Å². The third kappa shape index (κ3) is 4.20. The number of hydrogen-bond donors (Lipinski definition) is 0. The first-order valence-electron chi connectivity index (χ1n) is 14.4. The molecule has 8 rings (SSSR count). The van der Waals surface area contributed by atoms with Gasteiger partial charge in [-0.1, -0.05) is 61.2 Å². The lowest BCUT2D eigenvalue weighted by molar-refractivity contribution is 0.0742. The van der Waals surface area contributed by atoms with Gasteiger partial charge in [-0.2, -0.15) is 10.3 Å². The van der Waals surface area contributed by atoms with Crippen molar-refractivity contribution in [2.75, 3.05) is 0 Å². The molecule has 0 saturated heterocycles. The van der Waals surface area contributed by atoms with Crippen LogP contribution >= 0.6 is 0 Å². The molecule has 0 spiro atoms. The van der Waals surface area contributed by atoms with Crippen LogP contribution in [0.25, 0.3) is 49.9 Å². The summed E-state index contributed by atoms with van der Waals surface area (Å²) in [5, 5.41) is 13.6. The highest BCUT2D eigenvalue weighted by Gasteiger charge is 2.22. The van der Waals surface area contributed by atoms with Gasteiger partial charge in [0.1, 0.15) is 0 Å². The molecule has 0 radical (unpaired) electrons. The van der Waals surface area contributed by atoms with Crippen molar-refractivity contribution >= 4 is 44.6 Å². The zero-order chi connectivity index (χ0) is 28.9. The second kappa shape index (κ2) is 9.90. The van der Waals surface area contributed by atoms with Crippen molar-refractivity contribution in [3.05, 3.63) is 145 Å². The minimum atomic E-state index is 0.660. The van der Waals surface area contributed by atoms with E-state index in [0.717, 1.165) is 73.9 Å². The molecule has 0 atom stereocenters. The lowest BCUT2D eigenvalue weighted by Gasteiger charge is -2.23. The molecule has 0 saturated carbocycles. The van der Waals surface area contributed by atoms with E-state index in [2.05, 4.69) is 90.1 Å². The van der Waals surface area contributed by atoms with E-state index in [0.29, 0.717) is 17.1 Å². The summed E-state index contributed by atoms with van der Waals surface area (Å²) in [5.74, 6) is 1.41. The van der Waals surface area contributed by atoms with Crippen LogP contribution in [0, 0.1) is 11.3 Å². The first kappa shape index (κ1) is 24.9. The molecular weight excluding hydrogens is 528 g/mol. The molecule has 3 aliphatic rings. The van der Waals surface area contributed by atoms with Crippen LogP contribution in [0.2, 0.25) is 0 Å². The molecule has 3 heterocycles. The van der Waals surface area contributed by atoms with Crippen molar-refractivity contribution in [1.29, 1.82) is 5.26 Å². The first-order chi connectivity index (χ1) is 21.2. The lowest BCUT2D eigenvalue weighted by Crippen LogP contribution is -2.29. The summed E-state index contributed by atoms with van der Waals surface area (Å²) in [7, 11) is 0. The van der Waals surface area contributed by atoms with Gasteiger partial charge in [-0.3, -0.25) is 0 Å². The Morgan fingerprint density at radius 2 is 1.67 bits per heavy atom. The predicted octanol–water partition coefficient (Wildman–Crippen LogP) is 9.11. The molecule has 0 unspecified atom stereocenters. The maximum Gasteiger partial charge on any atom is 0.169 e. The minimum Gasteiger partial charge on any atom is -0.373 e. The zero-order valence-electron chi connectivity index (χ0n) is 23.4. The molecule has 204 valence electrons. The van der Waals surface area contributed by atoms with E-state index < -0.39 is 0 Å². The van der Waals surface area contributed by atoms with E-state index >= 15 is 0 Å². The van der Waals surface area contributed by atoms with Crippen LogP contribution in [0.3, 0.4) is 0 Å². The van der Waals surface area contributed by atoms with Gasteiger partial charge in [0, 0.05) is 27.6 Å². The highest BCUT2D eigenvalue weighted by atomic mass is 16.7. The molecular formula is C38H26N4O. The number of benzene rings is 4. The molecule has 0 amide bonds. The molecule has 43 heavy (non-hydrogen) atoms. The molecule has 5 aromatic rings. The summed E-state index contributed by atoms with van der Waals surface area (Å²) >= 11 is 0. The van der Waals surface area contributed by atoms with Crippen LogP contribution in [-0.4, -0.2) is 15.5 Å². The summed E-state index contributed by atoms with van der Waals surface area (Å²) < 4.78 is 2.28. The molecule has 5 nitrogen and oxygen atoms in total. The Labute approximate surface area is 249 Å². The molecule has 1 aromatic heterocycles. The lowest BCUT2D eigenvalue weighted by atomic mass is 9.97. The van der Waals surface area contributed by atoms with Crippen LogP contribution in [0.4, 0.5) is 0 Å². The highest BCUT2D eigenvalue weighted by Crippen LogP contribution is 2.37. The standard InChI is InChI=1S/C38H26N4O/c1-25-32-12-5-6-13-37(32)43-41-24-30(16-19-38(41)40-25)28-9-7-8-27(21-28)29-15-18-35-34(22-29)33-17-14-26(23-39)20-36(33)42(35)31-10-3-2-4-11-31/h3,5-22,24H,1-2,4H2. The normalized spacial score (nSPS) is 15.7. The Balaban J connectivity index is 1.20. The molecule has 2 aliphatic heterocycles. The average Bonchev–Trinajstić information content (AvgIpc) is 3.30. The molecule has 5 heteroatoms. The van der Waals surface area contributed by atoms with Gasteiger partial charge in [0.15, 0.2) is 11.6 Å². The Hall–Kier alpha value is -5.86. The fourth-order valence-corrected chi connectivity index (χ4v) is 6.08. The number of para-hydroxylation sites is 1. The first-order valence-corrected chi connectivity index (χ1v) is 14.4. The highest BCUT2D eigenvalue weighted by molar-refractivity contribution is 6.12. The number of hydroxylamine groups is 2. The van der Waals surface area contributed by atoms with Crippen molar-refractivity contribution in [3.63, 3.8) is 0 Å². The van der Waals surface area contributed by atoms with E-state index in [1.807, 2.05) is 48.7 Å². The van der Waals surface area contributed by atoms with E-state index in [-0.39, 0.29) is 0 Å². The number of aliphatic imine (C=N–C) groups is 1. The van der Waals surface area contributed by atoms with Crippen molar-refractivity contribution < 1.29 is 4.84 Å². The SMILES string of the molecule is C=C1N=C2C=CC(c3cccc(-c4ccc5c(c4)c4ccc(C#N)cc4n5C4=CCCC=C4)c3)=CN2Oc2ccccc21. The molecule has 0 fully saturated rings. The number of rotatable bonds is 3. The number of nitrogens with zero attached hydrogens (tertiary/aromatic N) is 4. The van der Waals surface area contributed by atoms with Crippen LogP contribution in [0.5, 0.6) is 5.75 Å². The number of allylic oxidation sites excluding steroid dienone is 6. The monoisotopic (exact) mass is 554 g/mol. The topological polar surface area (TPSA) is 53.5 Å². The Morgan fingerprint density at radius 3 is 2.56 bits per heavy atom. The van der Waals surface area contributed by atoms with Crippen molar-refractivity contribution in [2.24, 2.45) is 4.99 Å². The van der Waals surface area contributed by atoms with Gasteiger partial charge in [0.25, 0.3) is 0 Å². The Bertz CT molecular complexity index is 2200. The minimum absolute atomic E-state index is 0.660. The number of hydrogen-bond acceptors (Lipinski definition) is 4. The van der Waals surface area contributed by atoms with Gasteiger partial charge in [-0.05, 0) is 90.2 Å². The maximum atomic E-state index is 9.61. The molecule has 0 N–H and O–H groups in total. The number of fused-ring (bicyclic) bond motifs is 5. The summed E-state index contributed by atoms with van der Waals surface area (Å²) in [4.78, 5) is 10.9. The quantitative estimate of drug-likeness (QED) is 0.223. The van der Waals surface area contributed by atoms with Crippen LogP contribution in [0.15, 0.2) is 133 Å². The van der Waals surface area contributed by atoms with Gasteiger partial charge in [0.2, 0.25) is 0 Å². The van der Waals surface area contributed by atoms with E-state index in [9.17, 15) is 5.26 Å². The second-order valence-electron chi connectivity index (χ2n) is 10.8. The van der Waals surface area contributed by atoms with Gasteiger partial charge >= 0.3 is 0 Å². The largest absolute Gasteiger partial charge is 0.373 e. The summed E-state index contributed by atoms with van der Waals surface area (Å²) in [5.41, 5.74) is 9.89. The average molecular weight is 555 g/mol. The van der Waals surface area contributed by atoms with Crippen molar-refractivity contribution in [2.45, 2.75) is 12.8 Å². The summed E-state index contributed by atoms with van der Waals surface area (Å²) in [6.07, 6.45) is 14.7. The van der Waals surface area contributed by atoms with Gasteiger partial charge in [-0.15, -0.1) is 0 Å². The summed E-state index contributed by atoms with van der Waals surface area (Å²) in [6, 6.07) is 31.3. The maximum absolute atomic E-state index is 9.61. The third-order valence-corrected chi connectivity index (χ3v) is 8.20. The predicted molar refractivity (Wildman–Crippen MR) is 175 cm³/mol. The Morgan fingerprint density at radius 1 is 0.791 bits per heavy atom. The van der Waals surface area contributed by atoms with Crippen LogP contribution < -0.4 is 4.84 Å². The van der Waals surface area contributed by atoms with Crippen molar-refractivity contribution in [1.82, 2.24) is 9.63 Å². The second-order valence-corrected chi connectivity index (χ2v) is 10.8. The van der Waals surface area contributed by atoms with Gasteiger partial charge in [-0.25, -0.2) is 4.99 Å². The number of aromatic nitrogens is 1. The molecule has 4 aromatic carbocycles. The number of amidine groups is 1. The van der Waals surface area contributed by atoms with Crippen LogP contribution in [-0.2, 0) is 0 Å². The summed E-state index contributed by atoms with van der Waals surface area (Å²) in [6.45, 7) is 4.14. The van der Waals surface area contributed by atoms with Crippen LogP contribution in [0.1, 0.15) is 29.5 Å². The Kier molecular flexibility index (Phi) is 5.73. The fourth-order valence-electron chi connectivity index (χ4n) is 6.08. The zero-order valence-corrected chi connectivity index (χ0v) is 23.4.